The van der Waals surface area contributed by atoms with Gasteiger partial charge in [-0.05, 0) is 58.2 Å². The third-order valence-corrected chi connectivity index (χ3v) is 6.25. The molecule has 1 aromatic carbocycles. The topological polar surface area (TPSA) is 170 Å². The Balaban J connectivity index is 3.43. The first-order chi connectivity index (χ1) is 18.8. The summed E-state index contributed by atoms with van der Waals surface area (Å²) in [5, 5.41) is 9.73. The molecule has 0 fully saturated rings. The third-order valence-electron chi connectivity index (χ3n) is 6.25. The Morgan fingerprint density at radius 1 is 0.800 bits per heavy atom. The van der Waals surface area contributed by atoms with Crippen molar-refractivity contribution < 1.29 is 52.7 Å². The van der Waals surface area contributed by atoms with Crippen LogP contribution in [0.4, 0.5) is 14.4 Å². The van der Waals surface area contributed by atoms with Crippen molar-refractivity contribution in [1.29, 1.82) is 0 Å². The van der Waals surface area contributed by atoms with Crippen LogP contribution in [0, 0.1) is 5.92 Å². The maximum Gasteiger partial charge on any atom is 0.514 e. The summed E-state index contributed by atoms with van der Waals surface area (Å²) < 4.78 is 31.3. The molecule has 0 saturated heterocycles. The molecule has 0 aliphatic heterocycles. The summed E-state index contributed by atoms with van der Waals surface area (Å²) in [4.78, 5) is 48.7. The maximum absolute atomic E-state index is 12.5. The average molecular weight is 570 g/mol. The molecule has 0 heterocycles. The van der Waals surface area contributed by atoms with Crippen LogP contribution in [-0.4, -0.2) is 60.5 Å². The van der Waals surface area contributed by atoms with E-state index in [1.54, 1.807) is 34.6 Å². The lowest BCUT2D eigenvalue weighted by Gasteiger charge is -2.31. The molecule has 1 rings (SSSR count). The molecule has 0 spiro atoms. The lowest BCUT2D eigenvalue weighted by molar-refractivity contribution is -0.139. The van der Waals surface area contributed by atoms with Gasteiger partial charge in [-0.1, -0.05) is 39.7 Å². The van der Waals surface area contributed by atoms with Crippen LogP contribution < -0.4 is 15.2 Å². The number of hydrogen-bond acceptors (Lipinski definition) is 11. The zero-order chi connectivity index (χ0) is 30.4. The highest BCUT2D eigenvalue weighted by molar-refractivity contribution is 5.75. The van der Waals surface area contributed by atoms with Crippen LogP contribution in [0.1, 0.15) is 85.6 Å². The van der Waals surface area contributed by atoms with E-state index >= 15 is 0 Å². The van der Waals surface area contributed by atoms with Crippen molar-refractivity contribution in [3.63, 3.8) is 0 Å². The molecular formula is C28H43NO11. The summed E-state index contributed by atoms with van der Waals surface area (Å²) in [5.74, 6) is -3.22. The quantitative estimate of drug-likeness (QED) is 0.148. The number of hydrogen-bond donors (Lipinski definition) is 2. The standard InChI is InChI=1S/C28H43NO11/c1-8-11-16(4)36-27(33)39-21-14-13-20(15-22(21)40-28(34)37-17(5)12-9-2)23(24(29)25(30)31)18(6)19(7)38-26(32)35-10-3/h13-19,23-24H,8-12,29H2,1-7H3,(H,30,31)/t16?,17?,18?,19?,23?,24-/m0/s1. The van der Waals surface area contributed by atoms with Crippen molar-refractivity contribution in [2.45, 2.75) is 104 Å². The summed E-state index contributed by atoms with van der Waals surface area (Å²) in [5.41, 5.74) is 6.39. The van der Waals surface area contributed by atoms with E-state index in [1.165, 1.54) is 18.2 Å². The fraction of sp³-hybridized carbons (Fsp3) is 0.643. The molecule has 0 amide bonds. The lowest BCUT2D eigenvalue weighted by Crippen LogP contribution is -2.42. The van der Waals surface area contributed by atoms with Crippen LogP contribution in [0.15, 0.2) is 18.2 Å². The largest absolute Gasteiger partial charge is 0.514 e. The van der Waals surface area contributed by atoms with Crippen molar-refractivity contribution in [1.82, 2.24) is 0 Å². The van der Waals surface area contributed by atoms with E-state index < -0.39 is 60.6 Å². The van der Waals surface area contributed by atoms with E-state index in [0.717, 1.165) is 12.8 Å². The Bertz CT molecular complexity index is 983. The fourth-order valence-electron chi connectivity index (χ4n) is 4.08. The van der Waals surface area contributed by atoms with Gasteiger partial charge in [0, 0.05) is 11.8 Å². The smallest absolute Gasteiger partial charge is 0.480 e. The molecule has 3 N–H and O–H groups in total. The molecule has 0 bridgehead atoms. The van der Waals surface area contributed by atoms with E-state index in [1.807, 2.05) is 13.8 Å². The lowest BCUT2D eigenvalue weighted by atomic mass is 9.79. The average Bonchev–Trinajstić information content (AvgIpc) is 2.85. The minimum Gasteiger partial charge on any atom is -0.480 e. The fourth-order valence-corrected chi connectivity index (χ4v) is 4.08. The predicted molar refractivity (Wildman–Crippen MR) is 144 cm³/mol. The van der Waals surface area contributed by atoms with Gasteiger partial charge in [0.2, 0.25) is 0 Å². The second-order valence-electron chi connectivity index (χ2n) is 9.60. The van der Waals surface area contributed by atoms with Gasteiger partial charge in [0.25, 0.3) is 0 Å². The van der Waals surface area contributed by atoms with Crippen molar-refractivity contribution >= 4 is 24.4 Å². The number of benzene rings is 1. The van der Waals surface area contributed by atoms with Gasteiger partial charge in [0.15, 0.2) is 11.5 Å². The number of rotatable bonds is 15. The molecule has 226 valence electrons. The number of nitrogens with two attached hydrogens (primary N) is 1. The van der Waals surface area contributed by atoms with E-state index in [9.17, 15) is 24.3 Å². The molecule has 5 unspecified atom stereocenters. The highest BCUT2D eigenvalue weighted by atomic mass is 16.8. The second kappa shape index (κ2) is 17.2. The summed E-state index contributed by atoms with van der Waals surface area (Å²) in [6, 6.07) is 2.73. The first-order valence-corrected chi connectivity index (χ1v) is 13.6. The summed E-state index contributed by atoms with van der Waals surface area (Å²) in [6.45, 7) is 12.3. The molecule has 12 heteroatoms. The number of ether oxygens (including phenoxy) is 6. The van der Waals surface area contributed by atoms with Crippen molar-refractivity contribution in [3.8, 4) is 11.5 Å². The molecule has 0 saturated carbocycles. The summed E-state index contributed by atoms with van der Waals surface area (Å²) >= 11 is 0. The van der Waals surface area contributed by atoms with E-state index in [0.29, 0.717) is 18.4 Å². The van der Waals surface area contributed by atoms with Gasteiger partial charge >= 0.3 is 24.4 Å². The summed E-state index contributed by atoms with van der Waals surface area (Å²) in [7, 11) is 0. The maximum atomic E-state index is 12.5. The first kappa shape index (κ1) is 34.5. The van der Waals surface area contributed by atoms with Gasteiger partial charge in [-0.2, -0.15) is 0 Å². The number of carboxylic acids is 1. The van der Waals surface area contributed by atoms with E-state index in [2.05, 4.69) is 0 Å². The number of carbonyl (C=O) groups is 4. The van der Waals surface area contributed by atoms with Gasteiger partial charge in [0.05, 0.1) is 6.61 Å². The van der Waals surface area contributed by atoms with Crippen LogP contribution in [0.25, 0.3) is 0 Å². The molecular weight excluding hydrogens is 526 g/mol. The Morgan fingerprint density at radius 2 is 1.32 bits per heavy atom. The molecule has 0 aliphatic rings. The second-order valence-corrected chi connectivity index (χ2v) is 9.60. The minimum absolute atomic E-state index is 0.104. The van der Waals surface area contributed by atoms with Crippen LogP contribution in [0.2, 0.25) is 0 Å². The predicted octanol–water partition coefficient (Wildman–Crippen LogP) is 5.79. The van der Waals surface area contributed by atoms with Crippen molar-refractivity contribution in [2.24, 2.45) is 11.7 Å². The molecule has 6 atom stereocenters. The molecule has 12 nitrogen and oxygen atoms in total. The van der Waals surface area contributed by atoms with Crippen LogP contribution >= 0.6 is 0 Å². The monoisotopic (exact) mass is 569 g/mol. The van der Waals surface area contributed by atoms with Gasteiger partial charge in [0.1, 0.15) is 24.4 Å². The normalized spacial score (nSPS) is 15.4. The Morgan fingerprint density at radius 3 is 1.80 bits per heavy atom. The van der Waals surface area contributed by atoms with Crippen LogP contribution in [0.3, 0.4) is 0 Å². The molecule has 0 radical (unpaired) electrons. The SMILES string of the molecule is CCCC(C)OC(=O)Oc1ccc(C(C(C)C(C)OC(=O)OCC)[C@H](N)C(=O)O)cc1OC(=O)OC(C)CCC. The van der Waals surface area contributed by atoms with Crippen molar-refractivity contribution in [3.05, 3.63) is 23.8 Å². The van der Waals surface area contributed by atoms with Gasteiger partial charge in [-0.25, -0.2) is 14.4 Å². The Kier molecular flexibility index (Phi) is 14.8. The summed E-state index contributed by atoms with van der Waals surface area (Å²) in [6.07, 6.45) is -1.79. The molecule has 40 heavy (non-hydrogen) atoms. The first-order valence-electron chi connectivity index (χ1n) is 13.6. The van der Waals surface area contributed by atoms with Gasteiger partial charge in [-0.15, -0.1) is 0 Å². The van der Waals surface area contributed by atoms with Crippen molar-refractivity contribution in [2.75, 3.05) is 6.61 Å². The molecule has 0 aromatic heterocycles. The number of carboxylic acid groups (broad SMARTS) is 1. The van der Waals surface area contributed by atoms with E-state index in [-0.39, 0.29) is 18.1 Å². The number of carbonyl (C=O) groups excluding carboxylic acids is 3. The van der Waals surface area contributed by atoms with Crippen LogP contribution in [0.5, 0.6) is 11.5 Å². The highest BCUT2D eigenvalue weighted by Gasteiger charge is 2.36. The molecule has 1 aromatic rings. The minimum atomic E-state index is -1.43. The van der Waals surface area contributed by atoms with Gasteiger partial charge in [-0.3, -0.25) is 4.79 Å². The number of aliphatic carboxylic acids is 1. The Hall–Kier alpha value is -3.54. The highest BCUT2D eigenvalue weighted by Crippen LogP contribution is 2.37. The Labute approximate surface area is 235 Å². The third kappa shape index (κ3) is 11.3. The zero-order valence-electron chi connectivity index (χ0n) is 24.3. The van der Waals surface area contributed by atoms with E-state index in [4.69, 9.17) is 34.2 Å². The zero-order valence-corrected chi connectivity index (χ0v) is 24.3. The van der Waals surface area contributed by atoms with Gasteiger partial charge < -0.3 is 39.3 Å². The molecule has 0 aliphatic carbocycles. The van der Waals surface area contributed by atoms with Crippen LogP contribution in [-0.2, 0) is 23.7 Å².